The molecule has 0 unspecified atom stereocenters. The smallest absolute Gasteiger partial charge is 0.232 e. The second-order valence-corrected chi connectivity index (χ2v) is 6.25. The third-order valence-corrected chi connectivity index (χ3v) is 4.35. The van der Waals surface area contributed by atoms with Gasteiger partial charge in [0, 0.05) is 29.6 Å². The van der Waals surface area contributed by atoms with E-state index in [1.807, 2.05) is 72.4 Å². The molecule has 1 aromatic heterocycles. The van der Waals surface area contributed by atoms with Crippen LogP contribution >= 0.6 is 0 Å². The first kappa shape index (κ1) is 15.4. The second-order valence-electron chi connectivity index (χ2n) is 6.25. The Hall–Kier alpha value is -3.08. The summed E-state index contributed by atoms with van der Waals surface area (Å²) in [6, 6.07) is 17.3. The molecular formula is C20H19N3O2. The normalized spacial score (nSPS) is 14.1. The number of hydrogen-bond donors (Lipinski definition) is 1. The minimum Gasteiger partial charge on any atom is -0.457 e. The molecule has 1 amide bonds. The fraction of sp³-hybridized carbons (Fsp3) is 0.200. The molecule has 1 aliphatic heterocycles. The zero-order chi connectivity index (χ0) is 17.2. The average Bonchev–Trinajstić information content (AvgIpc) is 3.12. The molecule has 0 saturated carbocycles. The zero-order valence-corrected chi connectivity index (χ0v) is 13.9. The summed E-state index contributed by atoms with van der Waals surface area (Å²) >= 11 is 0. The van der Waals surface area contributed by atoms with Gasteiger partial charge in [0.15, 0.2) is 0 Å². The van der Waals surface area contributed by atoms with Crippen molar-refractivity contribution >= 4 is 5.91 Å². The maximum atomic E-state index is 13.1. The summed E-state index contributed by atoms with van der Waals surface area (Å²) in [4.78, 5) is 13.1. The van der Waals surface area contributed by atoms with E-state index in [0.717, 1.165) is 22.6 Å². The van der Waals surface area contributed by atoms with Gasteiger partial charge in [-0.25, -0.2) is 0 Å². The first-order chi connectivity index (χ1) is 12.2. The fourth-order valence-corrected chi connectivity index (χ4v) is 3.25. The van der Waals surface area contributed by atoms with Crippen molar-refractivity contribution in [3.63, 3.8) is 0 Å². The number of nitrogens with one attached hydrogen (secondary N) is 1. The summed E-state index contributed by atoms with van der Waals surface area (Å²) in [5, 5.41) is 7.31. The summed E-state index contributed by atoms with van der Waals surface area (Å²) in [6.45, 7) is 2.61. The predicted molar refractivity (Wildman–Crippen MR) is 94.6 cm³/mol. The number of hydrogen-bond acceptors (Lipinski definition) is 3. The lowest BCUT2D eigenvalue weighted by atomic mass is 9.87. The summed E-state index contributed by atoms with van der Waals surface area (Å²) in [5.74, 6) is 1.08. The number of carbonyl (C=O) groups excluding carboxylic acids is 1. The summed E-state index contributed by atoms with van der Waals surface area (Å²) in [7, 11) is 0. The van der Waals surface area contributed by atoms with E-state index in [1.165, 1.54) is 0 Å². The van der Waals surface area contributed by atoms with Crippen molar-refractivity contribution < 1.29 is 9.53 Å². The van der Waals surface area contributed by atoms with Crippen LogP contribution in [0.2, 0.25) is 0 Å². The second kappa shape index (κ2) is 6.43. The highest BCUT2D eigenvalue weighted by Gasteiger charge is 2.32. The summed E-state index contributed by atoms with van der Waals surface area (Å²) in [6.07, 6.45) is 3.63. The van der Waals surface area contributed by atoms with E-state index >= 15 is 0 Å². The molecule has 0 saturated heterocycles. The molecule has 2 aromatic carbocycles. The molecule has 1 N–H and O–H groups in total. The number of carbonyl (C=O) groups is 1. The molecule has 3 aromatic rings. The van der Waals surface area contributed by atoms with Crippen LogP contribution in [0.25, 0.3) is 0 Å². The van der Waals surface area contributed by atoms with Crippen molar-refractivity contribution in [1.82, 2.24) is 15.1 Å². The average molecular weight is 333 g/mol. The topological polar surface area (TPSA) is 56.2 Å². The van der Waals surface area contributed by atoms with E-state index in [-0.39, 0.29) is 17.9 Å². The standard InChI is InChI=1S/C20H19N3O2/c1-14(13-23-12-6-11-21-23)22-20(24)19-15-7-2-4-9-17(15)25-18-10-5-3-8-16(18)19/h2-12,14,19H,13H2,1H3,(H,22,24)/t14-/m0/s1. The lowest BCUT2D eigenvalue weighted by Gasteiger charge is -2.28. The third kappa shape index (κ3) is 3.01. The van der Waals surface area contributed by atoms with Crippen LogP contribution in [0.4, 0.5) is 0 Å². The van der Waals surface area contributed by atoms with Crippen LogP contribution in [0.1, 0.15) is 24.0 Å². The van der Waals surface area contributed by atoms with Gasteiger partial charge in [0.25, 0.3) is 0 Å². The van der Waals surface area contributed by atoms with E-state index in [2.05, 4.69) is 10.4 Å². The lowest BCUT2D eigenvalue weighted by Crippen LogP contribution is -2.39. The van der Waals surface area contributed by atoms with Gasteiger partial charge in [-0.1, -0.05) is 36.4 Å². The number of nitrogens with zero attached hydrogens (tertiary/aromatic N) is 2. The van der Waals surface area contributed by atoms with E-state index in [0.29, 0.717) is 6.54 Å². The monoisotopic (exact) mass is 333 g/mol. The highest BCUT2D eigenvalue weighted by molar-refractivity contribution is 5.89. The SMILES string of the molecule is C[C@@H](Cn1cccn1)NC(=O)C1c2ccccc2Oc2ccccc21. The van der Waals surface area contributed by atoms with Crippen LogP contribution in [-0.4, -0.2) is 21.7 Å². The maximum absolute atomic E-state index is 13.1. The van der Waals surface area contributed by atoms with Gasteiger partial charge < -0.3 is 10.1 Å². The van der Waals surface area contributed by atoms with E-state index in [4.69, 9.17) is 4.74 Å². The Labute approximate surface area is 146 Å². The zero-order valence-electron chi connectivity index (χ0n) is 13.9. The van der Waals surface area contributed by atoms with Crippen LogP contribution in [-0.2, 0) is 11.3 Å². The van der Waals surface area contributed by atoms with Crippen molar-refractivity contribution in [3.05, 3.63) is 78.1 Å². The van der Waals surface area contributed by atoms with E-state index < -0.39 is 0 Å². The molecule has 2 heterocycles. The van der Waals surface area contributed by atoms with E-state index in [1.54, 1.807) is 6.20 Å². The Kier molecular flexibility index (Phi) is 3.98. The minimum atomic E-state index is -0.374. The number of rotatable bonds is 4. The fourth-order valence-electron chi connectivity index (χ4n) is 3.25. The van der Waals surface area contributed by atoms with Crippen LogP contribution in [0.15, 0.2) is 67.0 Å². The van der Waals surface area contributed by atoms with Gasteiger partial charge in [-0.05, 0) is 25.1 Å². The van der Waals surface area contributed by atoms with Crippen molar-refractivity contribution in [2.45, 2.75) is 25.4 Å². The van der Waals surface area contributed by atoms with Crippen LogP contribution in [0.3, 0.4) is 0 Å². The van der Waals surface area contributed by atoms with Crippen molar-refractivity contribution in [2.24, 2.45) is 0 Å². The highest BCUT2D eigenvalue weighted by atomic mass is 16.5. The third-order valence-electron chi connectivity index (χ3n) is 4.35. The molecule has 0 radical (unpaired) electrons. The molecule has 1 aliphatic rings. The summed E-state index contributed by atoms with van der Waals surface area (Å²) in [5.41, 5.74) is 1.79. The number of para-hydroxylation sites is 2. The Morgan fingerprint density at radius 2 is 1.76 bits per heavy atom. The predicted octanol–water partition coefficient (Wildman–Crippen LogP) is 3.33. The minimum absolute atomic E-state index is 0.0251. The number of amides is 1. The molecule has 126 valence electrons. The van der Waals surface area contributed by atoms with Gasteiger partial charge in [0.05, 0.1) is 12.5 Å². The Morgan fingerprint density at radius 3 is 2.36 bits per heavy atom. The van der Waals surface area contributed by atoms with E-state index in [9.17, 15) is 4.79 Å². The van der Waals surface area contributed by atoms with Gasteiger partial charge in [-0.15, -0.1) is 0 Å². The Bertz CT molecular complexity index is 844. The highest BCUT2D eigenvalue weighted by Crippen LogP contribution is 2.43. The molecule has 25 heavy (non-hydrogen) atoms. The quantitative estimate of drug-likeness (QED) is 0.797. The lowest BCUT2D eigenvalue weighted by molar-refractivity contribution is -0.122. The van der Waals surface area contributed by atoms with Crippen LogP contribution in [0.5, 0.6) is 11.5 Å². The number of fused-ring (bicyclic) bond motifs is 2. The molecule has 0 fully saturated rings. The van der Waals surface area contributed by atoms with Crippen molar-refractivity contribution in [1.29, 1.82) is 0 Å². The van der Waals surface area contributed by atoms with Gasteiger partial charge in [0.2, 0.25) is 5.91 Å². The molecule has 0 aliphatic carbocycles. The number of ether oxygens (including phenoxy) is 1. The van der Waals surface area contributed by atoms with Crippen LogP contribution < -0.4 is 10.1 Å². The van der Waals surface area contributed by atoms with Crippen molar-refractivity contribution in [2.75, 3.05) is 0 Å². The molecule has 1 atom stereocenters. The first-order valence-electron chi connectivity index (χ1n) is 8.36. The number of aromatic nitrogens is 2. The Balaban J connectivity index is 1.61. The summed E-state index contributed by atoms with van der Waals surface area (Å²) < 4.78 is 7.77. The molecule has 5 heteroatoms. The number of benzene rings is 2. The van der Waals surface area contributed by atoms with Gasteiger partial charge in [-0.2, -0.15) is 5.10 Å². The van der Waals surface area contributed by atoms with Gasteiger partial charge in [0.1, 0.15) is 11.5 Å². The first-order valence-corrected chi connectivity index (χ1v) is 8.36. The maximum Gasteiger partial charge on any atom is 0.232 e. The van der Waals surface area contributed by atoms with Gasteiger partial charge >= 0.3 is 0 Å². The van der Waals surface area contributed by atoms with Crippen LogP contribution in [0, 0.1) is 0 Å². The molecule has 5 nitrogen and oxygen atoms in total. The largest absolute Gasteiger partial charge is 0.457 e. The van der Waals surface area contributed by atoms with Crippen molar-refractivity contribution in [3.8, 4) is 11.5 Å². The molecule has 0 spiro atoms. The Morgan fingerprint density at radius 1 is 1.12 bits per heavy atom. The van der Waals surface area contributed by atoms with Gasteiger partial charge in [-0.3, -0.25) is 9.48 Å². The molecule has 0 bridgehead atoms. The molecular weight excluding hydrogens is 314 g/mol. The molecule has 4 rings (SSSR count).